The highest BCUT2D eigenvalue weighted by atomic mass is 31.2. The van der Waals surface area contributed by atoms with Gasteiger partial charge in [-0.15, -0.1) is 0 Å². The van der Waals surface area contributed by atoms with Gasteiger partial charge in [-0.05, 0) is 30.5 Å². The van der Waals surface area contributed by atoms with E-state index in [1.165, 1.54) is 16.8 Å². The highest BCUT2D eigenvalue weighted by Gasteiger charge is 2.37. The molecule has 3 rings (SSSR count). The van der Waals surface area contributed by atoms with Crippen LogP contribution in [0.3, 0.4) is 0 Å². The van der Waals surface area contributed by atoms with Crippen LogP contribution in [0.4, 0.5) is 5.82 Å². The number of hydrogen-bond donors (Lipinski definition) is 3. The second kappa shape index (κ2) is 10.9. The first-order valence-corrected chi connectivity index (χ1v) is 11.8. The first-order valence-electron chi connectivity index (χ1n) is 10.3. The first kappa shape index (κ1) is 24.9. The third kappa shape index (κ3) is 7.11. The molecular formula is C20H27N4O8P. The summed E-state index contributed by atoms with van der Waals surface area (Å²) in [5.74, 6) is -0.868. The Morgan fingerprint density at radius 3 is 2.73 bits per heavy atom. The number of carbonyl (C=O) groups is 1. The minimum absolute atomic E-state index is 0.0119. The van der Waals surface area contributed by atoms with E-state index in [9.17, 15) is 19.3 Å². The van der Waals surface area contributed by atoms with Gasteiger partial charge in [0.25, 0.3) is 0 Å². The van der Waals surface area contributed by atoms with Crippen LogP contribution in [0.2, 0.25) is 0 Å². The normalized spacial score (nSPS) is 20.9. The van der Waals surface area contributed by atoms with Crippen molar-refractivity contribution in [1.82, 2.24) is 14.6 Å². The van der Waals surface area contributed by atoms with Crippen molar-refractivity contribution in [2.24, 2.45) is 5.92 Å². The quantitative estimate of drug-likeness (QED) is 0.401. The summed E-state index contributed by atoms with van der Waals surface area (Å²) in [6.45, 7) is 3.35. The van der Waals surface area contributed by atoms with Gasteiger partial charge in [0.1, 0.15) is 24.2 Å². The monoisotopic (exact) mass is 482 g/mol. The summed E-state index contributed by atoms with van der Waals surface area (Å²) >= 11 is 0. The predicted octanol–water partition coefficient (Wildman–Crippen LogP) is 1.99. The lowest BCUT2D eigenvalue weighted by atomic mass is 10.1. The minimum Gasteiger partial charge on any atom is -0.480 e. The van der Waals surface area contributed by atoms with Gasteiger partial charge in [-0.3, -0.25) is 13.9 Å². The molecule has 1 aromatic heterocycles. The Labute approximate surface area is 190 Å². The second-order valence-corrected chi connectivity index (χ2v) is 9.44. The molecule has 1 fully saturated rings. The number of nitrogens with two attached hydrogens (primary N) is 1. The SMILES string of the molecule is CC(C)C[C@H](NP(=O)(OC[C@H]1OC[C@@H](n2ccc(N)nc2=O)O1)Oc1ccccc1)C(=O)O. The van der Waals surface area contributed by atoms with Crippen LogP contribution < -0.4 is 21.0 Å². The molecule has 33 heavy (non-hydrogen) atoms. The highest BCUT2D eigenvalue weighted by Crippen LogP contribution is 2.45. The van der Waals surface area contributed by atoms with Gasteiger partial charge in [-0.1, -0.05) is 32.0 Å². The van der Waals surface area contributed by atoms with Gasteiger partial charge in [0.15, 0.2) is 12.5 Å². The number of anilines is 1. The molecule has 4 atom stereocenters. The standard InChI is InChI=1S/C20H27N4O8P/c1-13(2)10-15(19(25)26)23-33(28,32-14-6-4-3-5-7-14)30-12-18-29-11-17(31-18)24-9-8-16(21)22-20(24)27/h3-9,13,15,17-18H,10-12H2,1-2H3,(H,23,28)(H,25,26)(H2,21,22,27)/t15-,17-,18-,33?/m0/s1. The van der Waals surface area contributed by atoms with Gasteiger partial charge in [-0.25, -0.2) is 9.36 Å². The number of hydrogen-bond acceptors (Lipinski definition) is 9. The summed E-state index contributed by atoms with van der Waals surface area (Å²) in [5.41, 5.74) is 4.88. The topological polar surface area (TPSA) is 164 Å². The Hall–Kier alpha value is -2.76. The molecule has 0 radical (unpaired) electrons. The van der Waals surface area contributed by atoms with Gasteiger partial charge in [-0.2, -0.15) is 10.1 Å². The number of aliphatic carboxylic acids is 1. The summed E-state index contributed by atoms with van der Waals surface area (Å²) < 4.78 is 36.8. The zero-order chi connectivity index (χ0) is 24.0. The number of aromatic nitrogens is 2. The van der Waals surface area contributed by atoms with Gasteiger partial charge >= 0.3 is 19.4 Å². The van der Waals surface area contributed by atoms with Crippen molar-refractivity contribution < 1.29 is 33.0 Å². The minimum atomic E-state index is -4.16. The van der Waals surface area contributed by atoms with E-state index in [2.05, 4.69) is 10.1 Å². The van der Waals surface area contributed by atoms with Gasteiger partial charge < -0.3 is 24.8 Å². The molecule has 180 valence electrons. The van der Waals surface area contributed by atoms with Crippen molar-refractivity contribution in [3.05, 3.63) is 53.1 Å². The number of nitrogens with zero attached hydrogens (tertiary/aromatic N) is 2. The Morgan fingerprint density at radius 2 is 2.09 bits per heavy atom. The molecule has 1 aliphatic heterocycles. The smallest absolute Gasteiger partial charge is 0.459 e. The number of para-hydroxylation sites is 1. The van der Waals surface area contributed by atoms with Crippen LogP contribution in [0.25, 0.3) is 0 Å². The van der Waals surface area contributed by atoms with Crippen LogP contribution in [-0.4, -0.2) is 46.2 Å². The predicted molar refractivity (Wildman–Crippen MR) is 117 cm³/mol. The van der Waals surface area contributed by atoms with E-state index in [0.29, 0.717) is 0 Å². The molecule has 0 amide bonds. The Morgan fingerprint density at radius 1 is 1.36 bits per heavy atom. The summed E-state index contributed by atoms with van der Waals surface area (Å²) in [7, 11) is -4.16. The van der Waals surface area contributed by atoms with Crippen molar-refractivity contribution in [2.45, 2.75) is 38.8 Å². The lowest BCUT2D eigenvalue weighted by Gasteiger charge is -2.25. The Bertz CT molecular complexity index is 1050. The summed E-state index contributed by atoms with van der Waals surface area (Å²) in [6, 6.07) is 8.51. The van der Waals surface area contributed by atoms with E-state index in [1.807, 2.05) is 13.8 Å². The van der Waals surface area contributed by atoms with E-state index in [4.69, 9.17) is 24.3 Å². The Balaban J connectivity index is 1.70. The number of benzene rings is 1. The fraction of sp³-hybridized carbons (Fsp3) is 0.450. The van der Waals surface area contributed by atoms with E-state index in [1.54, 1.807) is 30.3 Å². The molecule has 4 N–H and O–H groups in total. The molecule has 1 unspecified atom stereocenters. The van der Waals surface area contributed by atoms with Gasteiger partial charge in [0.05, 0.1) is 6.61 Å². The fourth-order valence-electron chi connectivity index (χ4n) is 3.06. The van der Waals surface area contributed by atoms with E-state index >= 15 is 0 Å². The zero-order valence-electron chi connectivity index (χ0n) is 18.2. The van der Waals surface area contributed by atoms with E-state index in [-0.39, 0.29) is 37.1 Å². The van der Waals surface area contributed by atoms with Crippen LogP contribution in [-0.2, 0) is 23.4 Å². The third-order valence-electron chi connectivity index (χ3n) is 4.56. The number of carboxylic acids is 1. The number of nitrogen functional groups attached to an aromatic ring is 1. The molecule has 2 heterocycles. The second-order valence-electron chi connectivity index (χ2n) is 7.74. The maximum Gasteiger partial charge on any atom is 0.459 e. The molecule has 1 aromatic carbocycles. The maximum absolute atomic E-state index is 13.5. The van der Waals surface area contributed by atoms with Crippen LogP contribution in [0, 0.1) is 5.92 Å². The first-order chi connectivity index (χ1) is 15.6. The molecule has 12 nitrogen and oxygen atoms in total. The average Bonchev–Trinajstić information content (AvgIpc) is 3.21. The molecule has 13 heteroatoms. The molecule has 0 saturated carbocycles. The third-order valence-corrected chi connectivity index (χ3v) is 6.13. The van der Waals surface area contributed by atoms with E-state index < -0.39 is 38.0 Å². The largest absolute Gasteiger partial charge is 0.480 e. The molecule has 1 aliphatic rings. The van der Waals surface area contributed by atoms with Crippen LogP contribution in [0.15, 0.2) is 47.4 Å². The summed E-state index contributed by atoms with van der Waals surface area (Å²) in [4.78, 5) is 27.3. The average molecular weight is 482 g/mol. The fourth-order valence-corrected chi connectivity index (χ4v) is 4.56. The highest BCUT2D eigenvalue weighted by molar-refractivity contribution is 7.52. The van der Waals surface area contributed by atoms with Crippen LogP contribution in [0.1, 0.15) is 26.5 Å². The molecule has 0 aliphatic carbocycles. The molecular weight excluding hydrogens is 455 g/mol. The van der Waals surface area contributed by atoms with Crippen molar-refractivity contribution in [2.75, 3.05) is 18.9 Å². The van der Waals surface area contributed by atoms with Crippen LogP contribution >= 0.6 is 7.75 Å². The van der Waals surface area contributed by atoms with Crippen molar-refractivity contribution in [1.29, 1.82) is 0 Å². The molecule has 0 bridgehead atoms. The molecule has 1 saturated heterocycles. The van der Waals surface area contributed by atoms with Crippen LogP contribution in [0.5, 0.6) is 5.75 Å². The maximum atomic E-state index is 13.5. The number of carboxylic acid groups (broad SMARTS) is 1. The number of rotatable bonds is 11. The number of ether oxygens (including phenoxy) is 2. The Kier molecular flexibility index (Phi) is 8.22. The lowest BCUT2D eigenvalue weighted by molar-refractivity contribution is -0.139. The van der Waals surface area contributed by atoms with Gasteiger partial charge in [0.2, 0.25) is 0 Å². The van der Waals surface area contributed by atoms with Crippen molar-refractivity contribution in [3.63, 3.8) is 0 Å². The van der Waals surface area contributed by atoms with E-state index in [0.717, 1.165) is 0 Å². The lowest BCUT2D eigenvalue weighted by Crippen LogP contribution is -2.38. The summed E-state index contributed by atoms with van der Waals surface area (Å²) in [5, 5.41) is 12.1. The number of nitrogens with one attached hydrogen (secondary N) is 1. The van der Waals surface area contributed by atoms with Crippen molar-refractivity contribution in [3.8, 4) is 5.75 Å². The van der Waals surface area contributed by atoms with Gasteiger partial charge in [0, 0.05) is 6.20 Å². The molecule has 0 spiro atoms. The summed E-state index contributed by atoms with van der Waals surface area (Å²) in [6.07, 6.45) is -0.139. The van der Waals surface area contributed by atoms with Crippen molar-refractivity contribution >= 4 is 19.5 Å². The zero-order valence-corrected chi connectivity index (χ0v) is 19.1. The molecule has 2 aromatic rings.